The van der Waals surface area contributed by atoms with E-state index in [1.165, 1.54) is 14.2 Å². The standard InChI is InChI=1S/C12H21NO4/c1-13-6-4-12(5-7-13,8-10(14)16-2)9-11(15)17-3/h4-9H2,1-3H3. The van der Waals surface area contributed by atoms with Crippen molar-refractivity contribution in [3.8, 4) is 0 Å². The van der Waals surface area contributed by atoms with Crippen LogP contribution in [-0.2, 0) is 19.1 Å². The Hall–Kier alpha value is -1.10. The van der Waals surface area contributed by atoms with Crippen molar-refractivity contribution in [3.05, 3.63) is 0 Å². The fourth-order valence-electron chi connectivity index (χ4n) is 2.27. The summed E-state index contributed by atoms with van der Waals surface area (Å²) in [6.07, 6.45) is 2.25. The average molecular weight is 243 g/mol. The predicted molar refractivity (Wildman–Crippen MR) is 62.4 cm³/mol. The summed E-state index contributed by atoms with van der Waals surface area (Å²) in [7, 11) is 4.80. The lowest BCUT2D eigenvalue weighted by molar-refractivity contribution is -0.149. The second-order valence-electron chi connectivity index (χ2n) is 4.81. The van der Waals surface area contributed by atoms with Crippen molar-refractivity contribution >= 4 is 11.9 Å². The Kier molecular flexibility index (Phi) is 4.93. The number of hydrogen-bond donors (Lipinski definition) is 0. The van der Waals surface area contributed by atoms with Crippen LogP contribution in [0.5, 0.6) is 0 Å². The summed E-state index contributed by atoms with van der Waals surface area (Å²) in [6.45, 7) is 1.79. The van der Waals surface area contributed by atoms with Crippen molar-refractivity contribution < 1.29 is 19.1 Å². The van der Waals surface area contributed by atoms with Crippen LogP contribution in [0.15, 0.2) is 0 Å². The van der Waals surface area contributed by atoms with Gasteiger partial charge in [-0.1, -0.05) is 0 Å². The van der Waals surface area contributed by atoms with Gasteiger partial charge < -0.3 is 14.4 Å². The van der Waals surface area contributed by atoms with E-state index in [0.717, 1.165) is 25.9 Å². The maximum atomic E-state index is 11.4. The predicted octanol–water partition coefficient (Wildman–Crippen LogP) is 0.825. The van der Waals surface area contributed by atoms with Crippen LogP contribution >= 0.6 is 0 Å². The normalized spacial score (nSPS) is 19.7. The molecular formula is C12H21NO4. The fourth-order valence-corrected chi connectivity index (χ4v) is 2.27. The highest BCUT2D eigenvalue weighted by atomic mass is 16.5. The van der Waals surface area contributed by atoms with E-state index in [2.05, 4.69) is 4.90 Å². The van der Waals surface area contributed by atoms with E-state index in [1.54, 1.807) is 0 Å². The van der Waals surface area contributed by atoms with Crippen molar-refractivity contribution in [1.29, 1.82) is 0 Å². The summed E-state index contributed by atoms with van der Waals surface area (Å²) >= 11 is 0. The highest BCUT2D eigenvalue weighted by Crippen LogP contribution is 2.38. The van der Waals surface area contributed by atoms with Crippen molar-refractivity contribution in [3.63, 3.8) is 0 Å². The minimum absolute atomic E-state index is 0.251. The highest BCUT2D eigenvalue weighted by Gasteiger charge is 2.38. The van der Waals surface area contributed by atoms with Crippen LogP contribution in [0.3, 0.4) is 0 Å². The third-order valence-electron chi connectivity index (χ3n) is 3.54. The van der Waals surface area contributed by atoms with Crippen LogP contribution in [0.25, 0.3) is 0 Å². The fraction of sp³-hybridized carbons (Fsp3) is 0.833. The first kappa shape index (κ1) is 14.0. The smallest absolute Gasteiger partial charge is 0.306 e. The number of nitrogens with zero attached hydrogens (tertiary/aromatic N) is 1. The number of methoxy groups -OCH3 is 2. The molecule has 98 valence electrons. The molecular weight excluding hydrogens is 222 g/mol. The van der Waals surface area contributed by atoms with Crippen molar-refractivity contribution in [2.24, 2.45) is 5.41 Å². The number of likely N-dealkylation sites (tertiary alicyclic amines) is 1. The minimum atomic E-state index is -0.285. The molecule has 17 heavy (non-hydrogen) atoms. The molecule has 0 aromatic carbocycles. The highest BCUT2D eigenvalue weighted by molar-refractivity contribution is 5.74. The molecule has 0 atom stereocenters. The van der Waals surface area contributed by atoms with Gasteiger partial charge in [-0.25, -0.2) is 0 Å². The Morgan fingerprint density at radius 2 is 1.47 bits per heavy atom. The van der Waals surface area contributed by atoms with Gasteiger partial charge in [0.25, 0.3) is 0 Å². The van der Waals surface area contributed by atoms with Gasteiger partial charge in [0, 0.05) is 0 Å². The number of carbonyl (C=O) groups excluding carboxylic acids is 2. The second-order valence-corrected chi connectivity index (χ2v) is 4.81. The molecule has 0 radical (unpaired) electrons. The number of hydrogen-bond acceptors (Lipinski definition) is 5. The van der Waals surface area contributed by atoms with Gasteiger partial charge in [0.15, 0.2) is 0 Å². The third-order valence-corrected chi connectivity index (χ3v) is 3.54. The first-order chi connectivity index (χ1) is 8.01. The van der Waals surface area contributed by atoms with Crippen LogP contribution in [0.1, 0.15) is 25.7 Å². The van der Waals surface area contributed by atoms with Crippen molar-refractivity contribution in [2.45, 2.75) is 25.7 Å². The molecule has 1 fully saturated rings. The molecule has 0 aromatic rings. The van der Waals surface area contributed by atoms with E-state index in [9.17, 15) is 9.59 Å². The van der Waals surface area contributed by atoms with Gasteiger partial charge in [-0.15, -0.1) is 0 Å². The van der Waals surface area contributed by atoms with Gasteiger partial charge in [0.05, 0.1) is 27.1 Å². The topological polar surface area (TPSA) is 55.8 Å². The molecule has 1 aliphatic rings. The molecule has 0 amide bonds. The van der Waals surface area contributed by atoms with Crippen LogP contribution < -0.4 is 0 Å². The van der Waals surface area contributed by atoms with E-state index >= 15 is 0 Å². The molecule has 1 rings (SSSR count). The molecule has 0 aliphatic carbocycles. The summed E-state index contributed by atoms with van der Waals surface area (Å²) in [6, 6.07) is 0. The Bertz CT molecular complexity index is 262. The van der Waals surface area contributed by atoms with Crippen LogP contribution in [0, 0.1) is 5.41 Å². The van der Waals surface area contributed by atoms with Crippen LogP contribution in [0.4, 0.5) is 0 Å². The van der Waals surface area contributed by atoms with E-state index in [0.29, 0.717) is 12.8 Å². The summed E-state index contributed by atoms with van der Waals surface area (Å²) < 4.78 is 9.43. The van der Waals surface area contributed by atoms with E-state index in [-0.39, 0.29) is 17.4 Å². The molecule has 1 aliphatic heterocycles. The molecule has 5 nitrogen and oxygen atoms in total. The molecule has 5 heteroatoms. The van der Waals surface area contributed by atoms with E-state index in [1.807, 2.05) is 7.05 Å². The van der Waals surface area contributed by atoms with Crippen molar-refractivity contribution in [1.82, 2.24) is 4.90 Å². The summed E-state index contributed by atoms with van der Waals surface area (Å²) in [5.74, 6) is -0.503. The van der Waals surface area contributed by atoms with Gasteiger partial charge in [-0.3, -0.25) is 9.59 Å². The second kappa shape index (κ2) is 6.00. The number of carbonyl (C=O) groups is 2. The maximum absolute atomic E-state index is 11.4. The Balaban J connectivity index is 2.70. The number of piperidine rings is 1. The molecule has 0 bridgehead atoms. The lowest BCUT2D eigenvalue weighted by Crippen LogP contribution is -2.40. The number of esters is 2. The number of ether oxygens (including phenoxy) is 2. The maximum Gasteiger partial charge on any atom is 0.306 e. The first-order valence-electron chi connectivity index (χ1n) is 5.83. The molecule has 1 heterocycles. The number of rotatable bonds is 4. The van der Waals surface area contributed by atoms with Gasteiger partial charge >= 0.3 is 11.9 Å². The lowest BCUT2D eigenvalue weighted by Gasteiger charge is -2.39. The minimum Gasteiger partial charge on any atom is -0.469 e. The zero-order valence-corrected chi connectivity index (χ0v) is 10.8. The van der Waals surface area contributed by atoms with E-state index in [4.69, 9.17) is 9.47 Å². The monoisotopic (exact) mass is 243 g/mol. The molecule has 0 saturated carbocycles. The third kappa shape index (κ3) is 4.00. The Morgan fingerprint density at radius 3 is 1.82 bits per heavy atom. The molecule has 0 spiro atoms. The van der Waals surface area contributed by atoms with Crippen LogP contribution in [0.2, 0.25) is 0 Å². The Morgan fingerprint density at radius 1 is 1.06 bits per heavy atom. The van der Waals surface area contributed by atoms with E-state index < -0.39 is 0 Å². The average Bonchev–Trinajstić information content (AvgIpc) is 2.32. The van der Waals surface area contributed by atoms with Gasteiger partial charge in [0.2, 0.25) is 0 Å². The zero-order valence-electron chi connectivity index (χ0n) is 10.8. The molecule has 0 aromatic heterocycles. The largest absolute Gasteiger partial charge is 0.469 e. The van der Waals surface area contributed by atoms with Crippen molar-refractivity contribution in [2.75, 3.05) is 34.4 Å². The molecule has 1 saturated heterocycles. The molecule has 0 unspecified atom stereocenters. The lowest BCUT2D eigenvalue weighted by atomic mass is 9.73. The quantitative estimate of drug-likeness (QED) is 0.684. The SMILES string of the molecule is COC(=O)CC1(CC(=O)OC)CCN(C)CC1. The summed E-state index contributed by atoms with van der Waals surface area (Å²) in [5, 5.41) is 0. The molecule has 0 N–H and O–H groups in total. The summed E-state index contributed by atoms with van der Waals surface area (Å²) in [5.41, 5.74) is -0.285. The van der Waals surface area contributed by atoms with Gasteiger partial charge in [-0.2, -0.15) is 0 Å². The summed E-state index contributed by atoms with van der Waals surface area (Å²) in [4.78, 5) is 25.1. The zero-order chi connectivity index (χ0) is 12.9. The van der Waals surface area contributed by atoms with Gasteiger partial charge in [-0.05, 0) is 38.4 Å². The van der Waals surface area contributed by atoms with Crippen LogP contribution in [-0.4, -0.2) is 51.2 Å². The first-order valence-corrected chi connectivity index (χ1v) is 5.83. The Labute approximate surface area is 102 Å². The van der Waals surface area contributed by atoms with Gasteiger partial charge in [0.1, 0.15) is 0 Å².